The van der Waals surface area contributed by atoms with Crippen molar-refractivity contribution in [2.24, 2.45) is 5.92 Å². The summed E-state index contributed by atoms with van der Waals surface area (Å²) < 4.78 is 77.2. The van der Waals surface area contributed by atoms with Gasteiger partial charge in [0.15, 0.2) is 5.72 Å². The van der Waals surface area contributed by atoms with Gasteiger partial charge in [-0.25, -0.2) is 9.59 Å². The number of ether oxygens (including phenoxy) is 5. The number of carbonyl (C=O) groups excluding carboxylic acids is 4. The molecule has 0 spiro atoms. The lowest BCUT2D eigenvalue weighted by molar-refractivity contribution is -0.162. The molecule has 15 heteroatoms. The molecule has 8 atom stereocenters. The molecule has 2 saturated heterocycles. The van der Waals surface area contributed by atoms with Crippen LogP contribution < -0.4 is 15.0 Å². The van der Waals surface area contributed by atoms with Crippen LogP contribution in [-0.2, 0) is 39.8 Å². The minimum absolute atomic E-state index is 0.0274. The standard InChI is InChI=1S/C38H54ClN3O10S/c1-21-12-11-13-28(49-10)38(47)20-27(50-35(46)40-38)22(2)33-37(6,52-33)29(51-34(45)23(3)41(7)30(43)14-15-36(4,5)53)19-31(44)42(8)25-17-24(16-21)18-26(48-9)32(25)39/h11-13,17-18,22-23,27-29,33,47,53H,14-16,19-20H2,1-10H3,(H,40,46)/b13-11+,21-12+/t22-,23+,27+,28-,29+,33+,37+,38+/m1/s1/i3D3,7D3. The number of allylic oxidation sites excluding steroid dienone is 3. The Hall–Kier alpha value is -3.30. The molecule has 2 N–H and O–H groups in total. The van der Waals surface area contributed by atoms with E-state index in [0.29, 0.717) is 12.0 Å². The highest BCUT2D eigenvalue weighted by molar-refractivity contribution is 7.81. The van der Waals surface area contributed by atoms with Crippen LogP contribution in [0, 0.1) is 5.92 Å². The van der Waals surface area contributed by atoms with Crippen molar-refractivity contribution in [2.45, 2.75) is 120 Å². The Morgan fingerprint density at radius 2 is 2.02 bits per heavy atom. The van der Waals surface area contributed by atoms with Crippen molar-refractivity contribution >= 4 is 53.8 Å². The van der Waals surface area contributed by atoms with Crippen LogP contribution in [0.4, 0.5) is 10.5 Å². The topological polar surface area (TPSA) is 156 Å². The van der Waals surface area contributed by atoms with E-state index in [1.54, 1.807) is 51.1 Å². The highest BCUT2D eigenvalue weighted by atomic mass is 35.5. The van der Waals surface area contributed by atoms with E-state index >= 15 is 0 Å². The Morgan fingerprint density at radius 3 is 2.64 bits per heavy atom. The zero-order valence-electron chi connectivity index (χ0n) is 37.2. The molecule has 3 amide bonds. The van der Waals surface area contributed by atoms with Gasteiger partial charge in [0.05, 0.1) is 25.3 Å². The molecule has 0 aromatic heterocycles. The van der Waals surface area contributed by atoms with Gasteiger partial charge in [-0.05, 0) is 51.2 Å². The number of anilines is 1. The quantitative estimate of drug-likeness (QED) is 0.186. The summed E-state index contributed by atoms with van der Waals surface area (Å²) in [6, 6.07) is 0.748. The molecule has 0 aliphatic carbocycles. The molecular weight excluding hydrogens is 726 g/mol. The molecular formula is C38H54ClN3O10S. The highest BCUT2D eigenvalue weighted by Gasteiger charge is 2.64. The number of aliphatic hydroxyl groups is 1. The van der Waals surface area contributed by atoms with E-state index in [1.165, 1.54) is 33.1 Å². The molecule has 3 aliphatic rings. The van der Waals surface area contributed by atoms with Gasteiger partial charge < -0.3 is 38.6 Å². The van der Waals surface area contributed by atoms with Crippen LogP contribution in [0.25, 0.3) is 0 Å². The molecule has 1 aromatic carbocycles. The molecule has 1 aromatic rings. The molecule has 13 nitrogen and oxygen atoms in total. The minimum Gasteiger partial charge on any atom is -0.495 e. The van der Waals surface area contributed by atoms with Crippen molar-refractivity contribution in [1.82, 2.24) is 10.2 Å². The van der Waals surface area contributed by atoms with Crippen molar-refractivity contribution in [3.8, 4) is 5.75 Å². The molecule has 2 fully saturated rings. The Kier molecular flexibility index (Phi) is 10.7. The number of thiol groups is 1. The predicted molar refractivity (Wildman–Crippen MR) is 203 cm³/mol. The van der Waals surface area contributed by atoms with Crippen molar-refractivity contribution in [2.75, 3.05) is 33.1 Å². The number of epoxide rings is 1. The van der Waals surface area contributed by atoms with Gasteiger partial charge in [0.2, 0.25) is 11.8 Å². The number of halogens is 1. The van der Waals surface area contributed by atoms with Crippen molar-refractivity contribution in [3.63, 3.8) is 0 Å². The van der Waals surface area contributed by atoms with Gasteiger partial charge in [-0.15, -0.1) is 0 Å². The van der Waals surface area contributed by atoms with Gasteiger partial charge in [0, 0.05) is 52.9 Å². The number of esters is 1. The summed E-state index contributed by atoms with van der Waals surface area (Å²) in [5.41, 5.74) is -1.79. The van der Waals surface area contributed by atoms with Crippen molar-refractivity contribution in [3.05, 3.63) is 46.5 Å². The Morgan fingerprint density at radius 1 is 1.30 bits per heavy atom. The maximum Gasteiger partial charge on any atom is 0.409 e. The number of likely N-dealkylation sites (N-methyl/N-ethyl adjacent to an activating group) is 1. The molecule has 3 aliphatic heterocycles. The molecule has 3 heterocycles. The minimum atomic E-state index is -3.41. The maximum atomic E-state index is 14.3. The largest absolute Gasteiger partial charge is 0.495 e. The van der Waals surface area contributed by atoms with Crippen LogP contribution >= 0.6 is 24.2 Å². The van der Waals surface area contributed by atoms with E-state index in [4.69, 9.17) is 43.5 Å². The van der Waals surface area contributed by atoms with Gasteiger partial charge in [-0.2, -0.15) is 12.6 Å². The second-order valence-electron chi connectivity index (χ2n) is 14.7. The number of amides is 3. The number of nitrogens with zero attached hydrogens (tertiary/aromatic N) is 2. The fraction of sp³-hybridized carbons (Fsp3) is 0.632. The normalized spacial score (nSPS) is 33.7. The smallest absolute Gasteiger partial charge is 0.409 e. The second-order valence-corrected chi connectivity index (χ2v) is 16.3. The van der Waals surface area contributed by atoms with E-state index in [-0.39, 0.29) is 34.2 Å². The fourth-order valence-electron chi connectivity index (χ4n) is 6.59. The molecule has 0 unspecified atom stereocenters. The molecule has 294 valence electrons. The first-order valence-corrected chi connectivity index (χ1v) is 18.0. The van der Waals surface area contributed by atoms with Crippen LogP contribution in [0.5, 0.6) is 5.75 Å². The van der Waals surface area contributed by atoms with Crippen molar-refractivity contribution in [1.29, 1.82) is 0 Å². The SMILES string of the molecule is [2H]C([2H])([2H])[C@@H](C(=O)O[C@H]1CC(=O)N(C)c2cc(cc(OC)c2Cl)C/C(C)=C/C=C/[C@@H](OC)[C@@]2(O)C[C@H](OC(=O)N2)[C@@H](C)[C@@H]2O[C@@]12C)N(C(=O)CCC(C)(C)S)C([2H])([2H])[2H]. The average Bonchev–Trinajstić information content (AvgIpc) is 3.80. The number of nitrogens with one attached hydrogen (secondary N) is 1. The number of hydrogen-bond donors (Lipinski definition) is 3. The third-order valence-electron chi connectivity index (χ3n) is 9.91. The zero-order valence-corrected chi connectivity index (χ0v) is 32.9. The molecule has 0 saturated carbocycles. The summed E-state index contributed by atoms with van der Waals surface area (Å²) in [6.07, 6.45) is -1.46. The first-order chi connectivity index (χ1) is 27.1. The second kappa shape index (κ2) is 16.6. The van der Waals surface area contributed by atoms with E-state index in [9.17, 15) is 24.3 Å². The number of carbonyl (C=O) groups is 4. The Balaban J connectivity index is 1.85. The van der Waals surface area contributed by atoms with Crippen LogP contribution in [0.2, 0.25) is 5.02 Å². The molecule has 0 radical (unpaired) electrons. The lowest BCUT2D eigenvalue weighted by Gasteiger charge is -2.42. The van der Waals surface area contributed by atoms with Crippen LogP contribution in [0.15, 0.2) is 35.9 Å². The number of hydrogen-bond acceptors (Lipinski definition) is 11. The zero-order chi connectivity index (χ0) is 44.6. The predicted octanol–water partition coefficient (Wildman–Crippen LogP) is 5.00. The van der Waals surface area contributed by atoms with Gasteiger partial charge >= 0.3 is 12.1 Å². The first kappa shape index (κ1) is 34.2. The van der Waals surface area contributed by atoms with Gasteiger partial charge in [0.25, 0.3) is 0 Å². The number of rotatable bonds is 8. The average molecular weight is 786 g/mol. The maximum absolute atomic E-state index is 14.3. The van der Waals surface area contributed by atoms with Gasteiger partial charge in [0.1, 0.15) is 40.7 Å². The van der Waals surface area contributed by atoms with E-state index in [2.05, 4.69) is 17.9 Å². The molecule has 53 heavy (non-hydrogen) atoms. The lowest BCUT2D eigenvalue weighted by Crippen LogP contribution is -2.63. The monoisotopic (exact) mass is 785 g/mol. The number of alkyl carbamates (subject to hydrolysis) is 1. The highest BCUT2D eigenvalue weighted by Crippen LogP contribution is 2.49. The molecule has 4 bridgehead atoms. The van der Waals surface area contributed by atoms with E-state index in [1.807, 2.05) is 6.92 Å². The summed E-state index contributed by atoms with van der Waals surface area (Å²) in [4.78, 5) is 56.2. The van der Waals surface area contributed by atoms with Gasteiger partial charge in [-0.3, -0.25) is 14.9 Å². The summed E-state index contributed by atoms with van der Waals surface area (Å²) in [7, 11) is 4.20. The summed E-state index contributed by atoms with van der Waals surface area (Å²) in [5.74, 6) is -3.96. The van der Waals surface area contributed by atoms with Crippen LogP contribution in [0.3, 0.4) is 0 Å². The summed E-state index contributed by atoms with van der Waals surface area (Å²) >= 11 is 11.1. The third-order valence-corrected chi connectivity index (χ3v) is 10.5. The number of benzene rings is 1. The van der Waals surface area contributed by atoms with Gasteiger partial charge in [-0.1, -0.05) is 56.2 Å². The van der Waals surface area contributed by atoms with Crippen molar-refractivity contribution < 1.29 is 56.2 Å². The number of fused-ring (bicyclic) bond motifs is 5. The number of methoxy groups -OCH3 is 2. The van der Waals surface area contributed by atoms with Crippen LogP contribution in [0.1, 0.15) is 80.9 Å². The van der Waals surface area contributed by atoms with E-state index < -0.39 is 103 Å². The first-order valence-electron chi connectivity index (χ1n) is 20.2. The summed E-state index contributed by atoms with van der Waals surface area (Å²) in [6.45, 7) is 1.54. The Labute approximate surface area is 331 Å². The molecule has 4 rings (SSSR count). The lowest BCUT2D eigenvalue weighted by atomic mass is 9.83. The summed E-state index contributed by atoms with van der Waals surface area (Å²) in [5, 5.41) is 14.3. The Bertz CT molecular complexity index is 1840. The van der Waals surface area contributed by atoms with Crippen LogP contribution in [-0.4, -0.2) is 109 Å². The van der Waals surface area contributed by atoms with E-state index in [0.717, 1.165) is 5.57 Å². The fourth-order valence-corrected chi connectivity index (χ4v) is 7.02. The third kappa shape index (κ3) is 9.88.